The predicted octanol–water partition coefficient (Wildman–Crippen LogP) is 2.95. The Bertz CT molecular complexity index is 356. The van der Waals surface area contributed by atoms with Crippen molar-refractivity contribution < 1.29 is 0 Å². The standard InChI is InChI=1S/C15H24N2/c1-12-7-3-6-10-15(12)17(2)11-14(16)13-8-4-5-9-13/h3,6-7,10,13-14H,4-5,8-9,11,16H2,1-2H3. The highest BCUT2D eigenvalue weighted by atomic mass is 15.1. The Balaban J connectivity index is 1.96. The smallest absolute Gasteiger partial charge is 0.0393 e. The Labute approximate surface area is 105 Å². The van der Waals surface area contributed by atoms with Gasteiger partial charge in [0.2, 0.25) is 0 Å². The van der Waals surface area contributed by atoms with Crippen molar-refractivity contribution in [1.82, 2.24) is 0 Å². The zero-order valence-corrected chi connectivity index (χ0v) is 11.0. The zero-order chi connectivity index (χ0) is 12.3. The number of rotatable bonds is 4. The molecule has 17 heavy (non-hydrogen) atoms. The Hall–Kier alpha value is -1.02. The van der Waals surface area contributed by atoms with Crippen molar-refractivity contribution in [2.75, 3.05) is 18.5 Å². The van der Waals surface area contributed by atoms with Crippen LogP contribution in [0, 0.1) is 12.8 Å². The van der Waals surface area contributed by atoms with Crippen LogP contribution in [0.4, 0.5) is 5.69 Å². The molecule has 1 atom stereocenters. The Morgan fingerprint density at radius 1 is 1.29 bits per heavy atom. The van der Waals surface area contributed by atoms with Gasteiger partial charge in [0, 0.05) is 25.3 Å². The minimum Gasteiger partial charge on any atom is -0.373 e. The molecule has 0 heterocycles. The van der Waals surface area contributed by atoms with Gasteiger partial charge in [-0.1, -0.05) is 31.0 Å². The van der Waals surface area contributed by atoms with Crippen LogP contribution in [-0.4, -0.2) is 19.6 Å². The minimum absolute atomic E-state index is 0.321. The second-order valence-electron chi connectivity index (χ2n) is 5.38. The maximum atomic E-state index is 6.33. The molecule has 1 aromatic rings. The van der Waals surface area contributed by atoms with Crippen LogP contribution >= 0.6 is 0 Å². The van der Waals surface area contributed by atoms with Crippen molar-refractivity contribution in [3.63, 3.8) is 0 Å². The van der Waals surface area contributed by atoms with E-state index < -0.39 is 0 Å². The van der Waals surface area contributed by atoms with Gasteiger partial charge in [-0.25, -0.2) is 0 Å². The van der Waals surface area contributed by atoms with Crippen LogP contribution < -0.4 is 10.6 Å². The summed E-state index contributed by atoms with van der Waals surface area (Å²) in [7, 11) is 2.15. The molecular formula is C15H24N2. The Kier molecular flexibility index (Phi) is 4.06. The van der Waals surface area contributed by atoms with Gasteiger partial charge in [-0.05, 0) is 37.3 Å². The molecule has 0 aromatic heterocycles. The van der Waals surface area contributed by atoms with Crippen molar-refractivity contribution in [2.45, 2.75) is 38.6 Å². The minimum atomic E-state index is 0.321. The van der Waals surface area contributed by atoms with E-state index in [1.54, 1.807) is 0 Å². The lowest BCUT2D eigenvalue weighted by Crippen LogP contribution is -2.40. The number of hydrogen-bond donors (Lipinski definition) is 1. The average Bonchev–Trinajstić information content (AvgIpc) is 2.82. The van der Waals surface area contributed by atoms with Crippen LogP contribution in [0.5, 0.6) is 0 Å². The van der Waals surface area contributed by atoms with Crippen LogP contribution in [0.3, 0.4) is 0 Å². The van der Waals surface area contributed by atoms with E-state index in [1.165, 1.54) is 36.9 Å². The number of para-hydroxylation sites is 1. The van der Waals surface area contributed by atoms with Crippen LogP contribution in [0.1, 0.15) is 31.2 Å². The molecule has 94 valence electrons. The number of anilines is 1. The van der Waals surface area contributed by atoms with Gasteiger partial charge in [0.25, 0.3) is 0 Å². The van der Waals surface area contributed by atoms with E-state index in [9.17, 15) is 0 Å². The molecule has 0 radical (unpaired) electrons. The molecule has 2 nitrogen and oxygen atoms in total. The largest absolute Gasteiger partial charge is 0.373 e. The molecular weight excluding hydrogens is 208 g/mol. The molecule has 0 spiro atoms. The average molecular weight is 232 g/mol. The van der Waals surface area contributed by atoms with Gasteiger partial charge >= 0.3 is 0 Å². The summed E-state index contributed by atoms with van der Waals surface area (Å²) in [5.41, 5.74) is 8.96. The number of nitrogens with zero attached hydrogens (tertiary/aromatic N) is 1. The van der Waals surface area contributed by atoms with E-state index in [0.29, 0.717) is 6.04 Å². The third-order valence-corrected chi connectivity index (χ3v) is 4.02. The first-order chi connectivity index (χ1) is 8.18. The lowest BCUT2D eigenvalue weighted by molar-refractivity contribution is 0.433. The molecule has 1 unspecified atom stereocenters. The van der Waals surface area contributed by atoms with E-state index in [4.69, 9.17) is 5.73 Å². The molecule has 1 aliphatic carbocycles. The number of aryl methyl sites for hydroxylation is 1. The summed E-state index contributed by atoms with van der Waals surface area (Å²) < 4.78 is 0. The van der Waals surface area contributed by atoms with Crippen molar-refractivity contribution >= 4 is 5.69 Å². The summed E-state index contributed by atoms with van der Waals surface area (Å²) in [5, 5.41) is 0. The summed E-state index contributed by atoms with van der Waals surface area (Å²) in [6.07, 6.45) is 5.38. The summed E-state index contributed by atoms with van der Waals surface area (Å²) in [6.45, 7) is 3.13. The second-order valence-corrected chi connectivity index (χ2v) is 5.38. The van der Waals surface area contributed by atoms with E-state index in [0.717, 1.165) is 12.5 Å². The fourth-order valence-electron chi connectivity index (χ4n) is 2.94. The Morgan fingerprint density at radius 2 is 1.94 bits per heavy atom. The third kappa shape index (κ3) is 3.01. The topological polar surface area (TPSA) is 29.3 Å². The number of hydrogen-bond acceptors (Lipinski definition) is 2. The number of benzene rings is 1. The molecule has 2 heteroatoms. The molecule has 2 rings (SSSR count). The van der Waals surface area contributed by atoms with E-state index in [-0.39, 0.29) is 0 Å². The number of nitrogens with two attached hydrogens (primary N) is 1. The third-order valence-electron chi connectivity index (χ3n) is 4.02. The van der Waals surface area contributed by atoms with Gasteiger partial charge in [0.05, 0.1) is 0 Å². The highest BCUT2D eigenvalue weighted by molar-refractivity contribution is 5.52. The second kappa shape index (κ2) is 5.54. The molecule has 1 aromatic carbocycles. The van der Waals surface area contributed by atoms with Crippen molar-refractivity contribution in [1.29, 1.82) is 0 Å². The lowest BCUT2D eigenvalue weighted by atomic mass is 9.98. The van der Waals surface area contributed by atoms with E-state index in [1.807, 2.05) is 0 Å². The number of likely N-dealkylation sites (N-methyl/N-ethyl adjacent to an activating group) is 1. The van der Waals surface area contributed by atoms with Crippen LogP contribution in [0.15, 0.2) is 24.3 Å². The first-order valence-electron chi connectivity index (χ1n) is 6.71. The van der Waals surface area contributed by atoms with Crippen molar-refractivity contribution in [3.05, 3.63) is 29.8 Å². The fourth-order valence-corrected chi connectivity index (χ4v) is 2.94. The predicted molar refractivity (Wildman–Crippen MR) is 74.4 cm³/mol. The zero-order valence-electron chi connectivity index (χ0n) is 11.0. The quantitative estimate of drug-likeness (QED) is 0.865. The van der Waals surface area contributed by atoms with Crippen LogP contribution in [-0.2, 0) is 0 Å². The highest BCUT2D eigenvalue weighted by Crippen LogP contribution is 2.28. The first kappa shape index (κ1) is 12.4. The molecule has 1 saturated carbocycles. The normalized spacial score (nSPS) is 18.3. The molecule has 1 fully saturated rings. The lowest BCUT2D eigenvalue weighted by Gasteiger charge is -2.28. The molecule has 0 aliphatic heterocycles. The van der Waals surface area contributed by atoms with Gasteiger partial charge in [-0.2, -0.15) is 0 Å². The van der Waals surface area contributed by atoms with E-state index in [2.05, 4.69) is 43.1 Å². The van der Waals surface area contributed by atoms with Gasteiger partial charge in [0.1, 0.15) is 0 Å². The molecule has 0 amide bonds. The molecule has 2 N–H and O–H groups in total. The van der Waals surface area contributed by atoms with Crippen molar-refractivity contribution in [2.24, 2.45) is 11.7 Å². The van der Waals surface area contributed by atoms with E-state index >= 15 is 0 Å². The maximum Gasteiger partial charge on any atom is 0.0393 e. The van der Waals surface area contributed by atoms with Crippen LogP contribution in [0.25, 0.3) is 0 Å². The highest BCUT2D eigenvalue weighted by Gasteiger charge is 2.23. The van der Waals surface area contributed by atoms with Crippen LogP contribution in [0.2, 0.25) is 0 Å². The summed E-state index contributed by atoms with van der Waals surface area (Å²) in [4.78, 5) is 2.30. The molecule has 1 aliphatic rings. The summed E-state index contributed by atoms with van der Waals surface area (Å²) >= 11 is 0. The molecule has 0 bridgehead atoms. The Morgan fingerprint density at radius 3 is 2.59 bits per heavy atom. The van der Waals surface area contributed by atoms with Gasteiger partial charge in [-0.15, -0.1) is 0 Å². The maximum absolute atomic E-state index is 6.33. The fraction of sp³-hybridized carbons (Fsp3) is 0.600. The molecule has 0 saturated heterocycles. The monoisotopic (exact) mass is 232 g/mol. The van der Waals surface area contributed by atoms with Crippen molar-refractivity contribution in [3.8, 4) is 0 Å². The van der Waals surface area contributed by atoms with Gasteiger partial charge in [-0.3, -0.25) is 0 Å². The SMILES string of the molecule is Cc1ccccc1N(C)CC(N)C1CCCC1. The summed E-state index contributed by atoms with van der Waals surface area (Å²) in [6, 6.07) is 8.84. The summed E-state index contributed by atoms with van der Waals surface area (Å²) in [5.74, 6) is 0.737. The van der Waals surface area contributed by atoms with Gasteiger partial charge in [0.15, 0.2) is 0 Å². The first-order valence-corrected chi connectivity index (χ1v) is 6.71. The van der Waals surface area contributed by atoms with Gasteiger partial charge < -0.3 is 10.6 Å².